The fourth-order valence-corrected chi connectivity index (χ4v) is 3.66. The summed E-state index contributed by atoms with van der Waals surface area (Å²) in [5, 5.41) is 0. The first-order valence-corrected chi connectivity index (χ1v) is 7.41. The van der Waals surface area contributed by atoms with Crippen LogP contribution >= 0.6 is 0 Å². The van der Waals surface area contributed by atoms with Gasteiger partial charge in [-0.3, -0.25) is 4.99 Å². The van der Waals surface area contributed by atoms with Gasteiger partial charge >= 0.3 is 0 Å². The standard InChI is InChI=1S/C16H27N/c1-4-5-7-15-16(10-6-11-17-15)12-13(2)8-9-14(16)3/h8-9,13-14H,4-7,10-12H2,1-3H3/t13-,14+,16+/m0/s1. The Balaban J connectivity index is 2.23. The maximum Gasteiger partial charge on any atom is 0.0389 e. The Morgan fingerprint density at radius 2 is 2.18 bits per heavy atom. The highest BCUT2D eigenvalue weighted by molar-refractivity contribution is 5.91. The lowest BCUT2D eigenvalue weighted by Crippen LogP contribution is -2.42. The van der Waals surface area contributed by atoms with Crippen molar-refractivity contribution in [2.75, 3.05) is 6.54 Å². The number of aliphatic imine (C=N–C) groups is 1. The highest BCUT2D eigenvalue weighted by Gasteiger charge is 2.42. The van der Waals surface area contributed by atoms with Crippen LogP contribution < -0.4 is 0 Å². The normalized spacial score (nSPS) is 37.2. The third kappa shape index (κ3) is 2.48. The fraction of sp³-hybridized carbons (Fsp3) is 0.812. The van der Waals surface area contributed by atoms with Gasteiger partial charge in [0.15, 0.2) is 0 Å². The molecule has 0 fully saturated rings. The molecule has 2 aliphatic rings. The van der Waals surface area contributed by atoms with Crippen molar-refractivity contribution in [3.8, 4) is 0 Å². The van der Waals surface area contributed by atoms with Gasteiger partial charge in [0.1, 0.15) is 0 Å². The van der Waals surface area contributed by atoms with E-state index in [2.05, 4.69) is 32.9 Å². The summed E-state index contributed by atoms with van der Waals surface area (Å²) in [5.74, 6) is 1.42. The van der Waals surface area contributed by atoms with Crippen molar-refractivity contribution in [1.82, 2.24) is 0 Å². The summed E-state index contributed by atoms with van der Waals surface area (Å²) < 4.78 is 0. The summed E-state index contributed by atoms with van der Waals surface area (Å²) >= 11 is 0. The Hall–Kier alpha value is -0.590. The Bertz CT molecular complexity index is 315. The molecule has 3 atom stereocenters. The van der Waals surface area contributed by atoms with E-state index in [1.165, 1.54) is 38.5 Å². The van der Waals surface area contributed by atoms with Crippen molar-refractivity contribution in [2.45, 2.75) is 59.3 Å². The van der Waals surface area contributed by atoms with E-state index < -0.39 is 0 Å². The van der Waals surface area contributed by atoms with Gasteiger partial charge in [-0.1, -0.05) is 39.3 Å². The number of hydrogen-bond donors (Lipinski definition) is 0. The Morgan fingerprint density at radius 1 is 1.35 bits per heavy atom. The maximum absolute atomic E-state index is 4.91. The van der Waals surface area contributed by atoms with Crippen LogP contribution in [-0.2, 0) is 0 Å². The highest BCUT2D eigenvalue weighted by atomic mass is 14.8. The second kappa shape index (κ2) is 5.37. The zero-order valence-corrected chi connectivity index (χ0v) is 11.7. The number of unbranched alkanes of at least 4 members (excludes halogenated alkanes) is 1. The summed E-state index contributed by atoms with van der Waals surface area (Å²) in [4.78, 5) is 4.91. The van der Waals surface area contributed by atoms with Crippen molar-refractivity contribution in [3.63, 3.8) is 0 Å². The molecule has 2 rings (SSSR count). The van der Waals surface area contributed by atoms with Crippen LogP contribution in [0.5, 0.6) is 0 Å². The van der Waals surface area contributed by atoms with E-state index in [9.17, 15) is 0 Å². The molecule has 1 aliphatic heterocycles. The molecular weight excluding hydrogens is 206 g/mol. The largest absolute Gasteiger partial charge is 0.294 e. The smallest absolute Gasteiger partial charge is 0.0389 e. The maximum atomic E-state index is 4.91. The quantitative estimate of drug-likeness (QED) is 0.630. The Labute approximate surface area is 106 Å². The molecule has 0 radical (unpaired) electrons. The summed E-state index contributed by atoms with van der Waals surface area (Å²) in [5.41, 5.74) is 1.97. The third-order valence-corrected chi connectivity index (χ3v) is 4.71. The monoisotopic (exact) mass is 233 g/mol. The molecule has 0 N–H and O–H groups in total. The van der Waals surface area contributed by atoms with E-state index in [0.717, 1.165) is 12.5 Å². The third-order valence-electron chi connectivity index (χ3n) is 4.71. The first kappa shape index (κ1) is 12.9. The van der Waals surface area contributed by atoms with E-state index in [-0.39, 0.29) is 0 Å². The molecule has 0 bridgehead atoms. The van der Waals surface area contributed by atoms with E-state index in [0.29, 0.717) is 11.3 Å². The van der Waals surface area contributed by atoms with Crippen LogP contribution in [0.25, 0.3) is 0 Å². The Morgan fingerprint density at radius 3 is 2.94 bits per heavy atom. The molecule has 1 heteroatoms. The van der Waals surface area contributed by atoms with E-state index in [1.54, 1.807) is 5.71 Å². The molecule has 0 unspecified atom stereocenters. The van der Waals surface area contributed by atoms with Crippen molar-refractivity contribution >= 4 is 5.71 Å². The molecular formula is C16H27N. The fourth-order valence-electron chi connectivity index (χ4n) is 3.66. The van der Waals surface area contributed by atoms with Gasteiger partial charge in [0, 0.05) is 17.7 Å². The molecule has 0 aromatic carbocycles. The highest BCUT2D eigenvalue weighted by Crippen LogP contribution is 2.47. The number of allylic oxidation sites excluding steroid dienone is 2. The molecule has 1 heterocycles. The van der Waals surface area contributed by atoms with Crippen LogP contribution in [0.3, 0.4) is 0 Å². The van der Waals surface area contributed by atoms with Gasteiger partial charge < -0.3 is 0 Å². The van der Waals surface area contributed by atoms with E-state index in [1.807, 2.05) is 0 Å². The predicted molar refractivity (Wildman–Crippen MR) is 75.6 cm³/mol. The summed E-state index contributed by atoms with van der Waals surface area (Å²) in [6.07, 6.45) is 12.7. The van der Waals surface area contributed by atoms with Gasteiger partial charge in [0.2, 0.25) is 0 Å². The van der Waals surface area contributed by atoms with Crippen molar-refractivity contribution in [1.29, 1.82) is 0 Å². The molecule has 96 valence electrons. The lowest BCUT2D eigenvalue weighted by Gasteiger charge is -2.45. The van der Waals surface area contributed by atoms with Gasteiger partial charge in [0.25, 0.3) is 0 Å². The number of hydrogen-bond acceptors (Lipinski definition) is 1. The minimum Gasteiger partial charge on any atom is -0.294 e. The van der Waals surface area contributed by atoms with Gasteiger partial charge in [-0.25, -0.2) is 0 Å². The van der Waals surface area contributed by atoms with Gasteiger partial charge in [0.05, 0.1) is 0 Å². The zero-order chi connectivity index (χ0) is 12.3. The molecule has 1 nitrogen and oxygen atoms in total. The van der Waals surface area contributed by atoms with Crippen molar-refractivity contribution < 1.29 is 0 Å². The lowest BCUT2D eigenvalue weighted by atomic mass is 9.60. The van der Waals surface area contributed by atoms with Gasteiger partial charge in [-0.15, -0.1) is 0 Å². The average molecular weight is 233 g/mol. The average Bonchev–Trinajstić information content (AvgIpc) is 2.33. The van der Waals surface area contributed by atoms with Crippen LogP contribution in [0, 0.1) is 17.3 Å². The zero-order valence-electron chi connectivity index (χ0n) is 11.7. The number of nitrogens with zero attached hydrogens (tertiary/aromatic N) is 1. The van der Waals surface area contributed by atoms with Gasteiger partial charge in [-0.2, -0.15) is 0 Å². The summed E-state index contributed by atoms with van der Waals surface area (Å²) in [6.45, 7) is 8.11. The molecule has 17 heavy (non-hydrogen) atoms. The van der Waals surface area contributed by atoms with E-state index >= 15 is 0 Å². The minimum atomic E-state index is 0.418. The van der Waals surface area contributed by atoms with Crippen molar-refractivity contribution in [2.24, 2.45) is 22.2 Å². The molecule has 0 saturated heterocycles. The second-order valence-corrected chi connectivity index (χ2v) is 6.05. The number of rotatable bonds is 3. The molecule has 1 aliphatic carbocycles. The summed E-state index contributed by atoms with van der Waals surface area (Å²) in [6, 6.07) is 0. The van der Waals surface area contributed by atoms with Crippen LogP contribution in [0.2, 0.25) is 0 Å². The Kier molecular flexibility index (Phi) is 4.06. The topological polar surface area (TPSA) is 12.4 Å². The van der Waals surface area contributed by atoms with Crippen LogP contribution in [-0.4, -0.2) is 12.3 Å². The minimum absolute atomic E-state index is 0.418. The SMILES string of the molecule is CCCCC1=NCCC[C@]12C[C@@H](C)C=C[C@H]2C. The molecule has 1 spiro atoms. The predicted octanol–water partition coefficient (Wildman–Crippen LogP) is 4.63. The first-order chi connectivity index (χ1) is 8.19. The molecule has 0 aromatic heterocycles. The van der Waals surface area contributed by atoms with Crippen LogP contribution in [0.1, 0.15) is 59.3 Å². The van der Waals surface area contributed by atoms with E-state index in [4.69, 9.17) is 4.99 Å². The van der Waals surface area contributed by atoms with Crippen molar-refractivity contribution in [3.05, 3.63) is 12.2 Å². The second-order valence-electron chi connectivity index (χ2n) is 6.05. The summed E-state index contributed by atoms with van der Waals surface area (Å²) in [7, 11) is 0. The molecule has 0 amide bonds. The molecule has 0 saturated carbocycles. The molecule has 0 aromatic rings. The lowest BCUT2D eigenvalue weighted by molar-refractivity contribution is 0.220. The first-order valence-electron chi connectivity index (χ1n) is 7.41. The van der Waals surface area contributed by atoms with Crippen LogP contribution in [0.15, 0.2) is 17.1 Å². The van der Waals surface area contributed by atoms with Gasteiger partial charge in [-0.05, 0) is 43.9 Å². The van der Waals surface area contributed by atoms with Crippen LogP contribution in [0.4, 0.5) is 0 Å².